The lowest BCUT2D eigenvalue weighted by atomic mass is 9.82. The highest BCUT2D eigenvalue weighted by Crippen LogP contribution is 2.35. The number of piperidine rings is 1. The molecule has 0 spiro atoms. The van der Waals surface area contributed by atoms with E-state index < -0.39 is 32.5 Å². The first-order chi connectivity index (χ1) is 17.4. The molecular weight excluding hydrogens is 528 g/mol. The lowest BCUT2D eigenvalue weighted by Crippen LogP contribution is -2.56. The van der Waals surface area contributed by atoms with Crippen LogP contribution in [0, 0.1) is 5.82 Å². The average molecular weight is 557 g/mol. The lowest BCUT2D eigenvalue weighted by Gasteiger charge is -2.48. The quantitative estimate of drug-likeness (QED) is 0.364. The third-order valence-electron chi connectivity index (χ3n) is 6.86. The van der Waals surface area contributed by atoms with Gasteiger partial charge in [0.15, 0.2) is 5.13 Å². The zero-order chi connectivity index (χ0) is 26.8. The first-order valence-electron chi connectivity index (χ1n) is 11.7. The molecule has 37 heavy (non-hydrogen) atoms. The van der Waals surface area contributed by atoms with Crippen molar-refractivity contribution in [1.82, 2.24) is 9.88 Å². The van der Waals surface area contributed by atoms with E-state index in [9.17, 15) is 21.6 Å². The van der Waals surface area contributed by atoms with E-state index in [0.717, 1.165) is 30.2 Å². The maximum absolute atomic E-state index is 15.0. The van der Waals surface area contributed by atoms with Crippen molar-refractivity contribution in [3.05, 3.63) is 71.0 Å². The van der Waals surface area contributed by atoms with Gasteiger partial charge in [-0.1, -0.05) is 18.2 Å². The molecule has 1 N–H and O–H groups in total. The first kappa shape index (κ1) is 27.3. The Morgan fingerprint density at radius 3 is 2.62 bits per heavy atom. The number of likely N-dealkylation sites (N-methyl/N-ethyl adjacent to an activating group) is 1. The number of thiazole rings is 1. The number of hydrogen-bond acceptors (Lipinski definition) is 6. The number of aryl methyl sites for hydroxylation is 1. The van der Waals surface area contributed by atoms with Crippen LogP contribution in [0.25, 0.3) is 0 Å². The molecule has 0 radical (unpaired) electrons. The summed E-state index contributed by atoms with van der Waals surface area (Å²) in [6.45, 7) is 1.18. The van der Waals surface area contributed by atoms with E-state index in [2.05, 4.69) is 14.6 Å². The molecule has 0 saturated carbocycles. The van der Waals surface area contributed by atoms with Crippen LogP contribution in [-0.4, -0.2) is 51.0 Å². The van der Waals surface area contributed by atoms with Gasteiger partial charge in [0.25, 0.3) is 10.0 Å². The molecule has 200 valence electrons. The van der Waals surface area contributed by atoms with E-state index in [1.54, 1.807) is 17.5 Å². The Kier molecular flexibility index (Phi) is 7.82. The molecule has 2 heterocycles. The van der Waals surface area contributed by atoms with Crippen molar-refractivity contribution in [2.75, 3.05) is 36.8 Å². The van der Waals surface area contributed by atoms with Crippen LogP contribution in [0.4, 0.5) is 28.4 Å². The number of anilines is 2. The van der Waals surface area contributed by atoms with Crippen LogP contribution >= 0.6 is 11.3 Å². The highest BCUT2D eigenvalue weighted by Gasteiger charge is 2.38. The van der Waals surface area contributed by atoms with Crippen LogP contribution in [0.5, 0.6) is 0 Å². The number of sulfonamides is 1. The third-order valence-corrected chi connectivity index (χ3v) is 9.05. The van der Waals surface area contributed by atoms with Gasteiger partial charge in [0, 0.05) is 35.9 Å². The zero-order valence-corrected chi connectivity index (χ0v) is 22.1. The van der Waals surface area contributed by atoms with E-state index in [-0.39, 0.29) is 10.7 Å². The van der Waals surface area contributed by atoms with E-state index in [0.29, 0.717) is 37.2 Å². The Morgan fingerprint density at radius 1 is 1.19 bits per heavy atom. The maximum atomic E-state index is 15.0. The van der Waals surface area contributed by atoms with Crippen LogP contribution in [0.1, 0.15) is 30.4 Å². The van der Waals surface area contributed by atoms with Gasteiger partial charge in [-0.3, -0.25) is 4.72 Å². The van der Waals surface area contributed by atoms with E-state index in [1.807, 2.05) is 19.0 Å². The van der Waals surface area contributed by atoms with Crippen molar-refractivity contribution in [2.45, 2.75) is 42.3 Å². The van der Waals surface area contributed by atoms with E-state index in [1.165, 1.54) is 30.5 Å². The number of benzene rings is 2. The molecule has 12 heteroatoms. The van der Waals surface area contributed by atoms with Gasteiger partial charge in [-0.05, 0) is 69.6 Å². The molecule has 1 fully saturated rings. The summed E-state index contributed by atoms with van der Waals surface area (Å²) < 4.78 is 82.0. The van der Waals surface area contributed by atoms with Crippen LogP contribution in [-0.2, 0) is 22.6 Å². The minimum atomic E-state index is -4.39. The van der Waals surface area contributed by atoms with Gasteiger partial charge in [-0.25, -0.2) is 17.8 Å². The second-order valence-electron chi connectivity index (χ2n) is 9.40. The Hall–Kier alpha value is -2.70. The third kappa shape index (κ3) is 6.24. The second-order valence-corrected chi connectivity index (χ2v) is 11.9. The minimum Gasteiger partial charge on any atom is -0.370 e. The largest absolute Gasteiger partial charge is 0.416 e. The summed E-state index contributed by atoms with van der Waals surface area (Å²) in [7, 11) is -0.254. The summed E-state index contributed by atoms with van der Waals surface area (Å²) >= 11 is 1.09. The van der Waals surface area contributed by atoms with Crippen molar-refractivity contribution in [1.29, 1.82) is 0 Å². The smallest absolute Gasteiger partial charge is 0.370 e. The molecule has 0 aliphatic carbocycles. The number of rotatable bonds is 8. The van der Waals surface area contributed by atoms with Crippen LogP contribution in [0.2, 0.25) is 0 Å². The zero-order valence-electron chi connectivity index (χ0n) is 20.4. The van der Waals surface area contributed by atoms with Gasteiger partial charge >= 0.3 is 6.18 Å². The molecule has 0 bridgehead atoms. The fraction of sp³-hybridized carbons (Fsp3) is 0.400. The van der Waals surface area contributed by atoms with E-state index >= 15 is 4.39 Å². The van der Waals surface area contributed by atoms with E-state index in [4.69, 9.17) is 0 Å². The lowest BCUT2D eigenvalue weighted by molar-refractivity contribution is -0.137. The molecule has 0 unspecified atom stereocenters. The maximum Gasteiger partial charge on any atom is 0.416 e. The molecule has 0 amide bonds. The predicted octanol–water partition coefficient (Wildman–Crippen LogP) is 5.64. The van der Waals surface area contributed by atoms with Crippen LogP contribution in [0.3, 0.4) is 0 Å². The fourth-order valence-electron chi connectivity index (χ4n) is 4.75. The van der Waals surface area contributed by atoms with Gasteiger partial charge in [-0.15, -0.1) is 11.3 Å². The highest BCUT2D eigenvalue weighted by atomic mass is 32.2. The first-order valence-corrected chi connectivity index (χ1v) is 14.1. The molecular formula is C25H28F4N4O2S2. The van der Waals surface area contributed by atoms with Crippen molar-refractivity contribution >= 4 is 32.2 Å². The number of nitrogens with zero attached hydrogens (tertiary/aromatic N) is 3. The topological polar surface area (TPSA) is 65.5 Å². The van der Waals surface area contributed by atoms with Crippen molar-refractivity contribution in [3.8, 4) is 0 Å². The average Bonchev–Trinajstić information content (AvgIpc) is 3.34. The molecule has 1 aliphatic rings. The summed E-state index contributed by atoms with van der Waals surface area (Å²) in [6, 6.07) is 9.43. The van der Waals surface area contributed by atoms with Crippen molar-refractivity contribution in [3.63, 3.8) is 0 Å². The molecule has 1 aliphatic heterocycles. The Morgan fingerprint density at radius 2 is 1.97 bits per heavy atom. The molecule has 1 atom stereocenters. The number of hydrogen-bond donors (Lipinski definition) is 1. The molecule has 1 aromatic heterocycles. The summed E-state index contributed by atoms with van der Waals surface area (Å²) in [5.41, 5.74) is 0.154. The fourth-order valence-corrected chi connectivity index (χ4v) is 6.60. The number of alkyl halides is 3. The van der Waals surface area contributed by atoms with Crippen LogP contribution < -0.4 is 9.62 Å². The highest BCUT2D eigenvalue weighted by molar-refractivity contribution is 7.93. The minimum absolute atomic E-state index is 0.149. The Bertz CT molecular complexity index is 1330. The van der Waals surface area contributed by atoms with Gasteiger partial charge in [0.2, 0.25) is 0 Å². The van der Waals surface area contributed by atoms with Crippen molar-refractivity contribution < 1.29 is 26.0 Å². The molecule has 4 rings (SSSR count). The molecule has 1 saturated heterocycles. The monoisotopic (exact) mass is 556 g/mol. The Labute approximate surface area is 218 Å². The normalized spacial score (nSPS) is 18.8. The van der Waals surface area contributed by atoms with Gasteiger partial charge in [0.1, 0.15) is 10.7 Å². The summed E-state index contributed by atoms with van der Waals surface area (Å²) in [4.78, 5) is 7.49. The predicted molar refractivity (Wildman–Crippen MR) is 137 cm³/mol. The number of nitrogens with one attached hydrogen (secondary N) is 1. The van der Waals surface area contributed by atoms with Crippen LogP contribution in [0.15, 0.2) is 58.9 Å². The summed E-state index contributed by atoms with van der Waals surface area (Å²) in [6.07, 6.45) is -0.233. The van der Waals surface area contributed by atoms with Crippen molar-refractivity contribution in [2.24, 2.45) is 0 Å². The van der Waals surface area contributed by atoms with Gasteiger partial charge < -0.3 is 9.80 Å². The molecule has 2 aromatic carbocycles. The van der Waals surface area contributed by atoms with Gasteiger partial charge in [0.05, 0.1) is 5.56 Å². The van der Waals surface area contributed by atoms with Gasteiger partial charge in [-0.2, -0.15) is 13.2 Å². The number of halogens is 4. The number of aromatic nitrogens is 1. The Balaban J connectivity index is 1.52. The molecule has 6 nitrogen and oxygen atoms in total. The second kappa shape index (κ2) is 10.6. The summed E-state index contributed by atoms with van der Waals surface area (Å²) in [5.74, 6) is -0.869. The summed E-state index contributed by atoms with van der Waals surface area (Å²) in [5, 5.41) is 1.76. The SMILES string of the molecule is CN(C)[C@]1(CCc2cccc(C(F)(F)F)c2)CCCN(c2ccc(S(=O)(=O)Nc3nccs3)c(F)c2)C1. The standard InChI is InChI=1S/C25H28F4N4O2S2/c1-32(2)24(11-9-18-5-3-6-19(15-18)25(27,28)29)10-4-13-33(17-24)20-7-8-22(21(26)16-20)37(34,35)31-23-30-12-14-36-23/h3,5-8,12,14-16H,4,9-11,13,17H2,1-2H3,(H,30,31)/t24-/m0/s1. The molecule has 3 aromatic rings.